The van der Waals surface area contributed by atoms with Crippen molar-refractivity contribution in [1.29, 1.82) is 0 Å². The fourth-order valence-corrected chi connectivity index (χ4v) is 7.25. The highest BCUT2D eigenvalue weighted by molar-refractivity contribution is 5.99. The molecular weight excluding hydrogens is 661 g/mol. The molecule has 2 aliphatic heterocycles. The molecule has 5 nitrogen and oxygen atoms in total. The van der Waals surface area contributed by atoms with Gasteiger partial charge in [0.1, 0.15) is 5.75 Å². The zero-order chi connectivity index (χ0) is 36.6. The molecule has 262 valence electrons. The van der Waals surface area contributed by atoms with Crippen molar-refractivity contribution in [2.75, 3.05) is 6.61 Å². The highest BCUT2D eigenvalue weighted by atomic mass is 16.5. The third-order valence-electron chi connectivity index (χ3n) is 9.76. The Morgan fingerprint density at radius 1 is 0.407 bits per heavy atom. The lowest BCUT2D eigenvalue weighted by Gasteiger charge is -2.19. The van der Waals surface area contributed by atoms with Crippen molar-refractivity contribution in [3.05, 3.63) is 162 Å². The van der Waals surface area contributed by atoms with Crippen molar-refractivity contribution in [2.24, 2.45) is 5.41 Å². The van der Waals surface area contributed by atoms with E-state index in [1.165, 1.54) is 0 Å². The standard InChI is InChI=1S/C49H40N4O/c1-49(2,3)31-54-36-21-19-35(20-22-36)48-43-29-27-41(52-43)46(33-15-9-5-10-16-33)39-25-23-37(50-39)45(32-13-7-4-8-14-32)38-24-26-40(51-38)47(34-17-11-6-12-18-34)42-28-30-44(48)53-42/h4-30,50,53H,31H2,1-3H3. The number of nitrogens with zero attached hydrogens (tertiary/aromatic N) is 2. The van der Waals surface area contributed by atoms with Gasteiger partial charge in [0.05, 0.1) is 29.4 Å². The predicted molar refractivity (Wildman–Crippen MR) is 226 cm³/mol. The molecule has 5 heteroatoms. The van der Waals surface area contributed by atoms with Crippen molar-refractivity contribution in [3.8, 4) is 50.3 Å². The van der Waals surface area contributed by atoms with Crippen LogP contribution in [0, 0.1) is 5.41 Å². The maximum Gasteiger partial charge on any atom is 0.119 e. The minimum atomic E-state index is 0.0605. The first kappa shape index (κ1) is 33.1. The van der Waals surface area contributed by atoms with Crippen molar-refractivity contribution in [1.82, 2.24) is 19.9 Å². The van der Waals surface area contributed by atoms with Gasteiger partial charge in [0, 0.05) is 44.3 Å². The first-order valence-electron chi connectivity index (χ1n) is 18.4. The molecule has 54 heavy (non-hydrogen) atoms. The van der Waals surface area contributed by atoms with E-state index in [0.29, 0.717) is 6.61 Å². The van der Waals surface area contributed by atoms with Gasteiger partial charge in [-0.25, -0.2) is 9.97 Å². The molecule has 5 heterocycles. The molecule has 2 aliphatic rings. The number of ether oxygens (including phenoxy) is 1. The van der Waals surface area contributed by atoms with Gasteiger partial charge in [0.25, 0.3) is 0 Å². The molecule has 0 saturated heterocycles. The van der Waals surface area contributed by atoms with Gasteiger partial charge < -0.3 is 14.7 Å². The van der Waals surface area contributed by atoms with Crippen LogP contribution in [0.5, 0.6) is 5.75 Å². The number of rotatable bonds is 6. The Morgan fingerprint density at radius 3 is 1.04 bits per heavy atom. The topological polar surface area (TPSA) is 66.6 Å². The summed E-state index contributed by atoms with van der Waals surface area (Å²) in [5.41, 5.74) is 15.9. The molecule has 2 N–H and O–H groups in total. The first-order valence-corrected chi connectivity index (χ1v) is 18.4. The van der Waals surface area contributed by atoms with Gasteiger partial charge in [-0.3, -0.25) is 0 Å². The molecule has 0 fully saturated rings. The van der Waals surface area contributed by atoms with E-state index in [-0.39, 0.29) is 5.41 Å². The van der Waals surface area contributed by atoms with Crippen LogP contribution in [0.15, 0.2) is 140 Å². The van der Waals surface area contributed by atoms with Gasteiger partial charge in [-0.1, -0.05) is 124 Å². The van der Waals surface area contributed by atoms with E-state index in [1.807, 2.05) is 18.2 Å². The lowest BCUT2D eigenvalue weighted by Crippen LogP contribution is -2.16. The summed E-state index contributed by atoms with van der Waals surface area (Å²) in [6, 6.07) is 48.5. The van der Waals surface area contributed by atoms with Crippen LogP contribution in [0.4, 0.5) is 0 Å². The van der Waals surface area contributed by atoms with E-state index in [4.69, 9.17) is 14.7 Å². The number of nitrogens with one attached hydrogen (secondary N) is 2. The summed E-state index contributed by atoms with van der Waals surface area (Å²) in [5, 5.41) is 0. The molecule has 0 atom stereocenters. The minimum Gasteiger partial charge on any atom is -0.493 e. The number of hydrogen-bond acceptors (Lipinski definition) is 3. The average Bonchev–Trinajstić information content (AvgIpc) is 4.03. The maximum atomic E-state index is 6.17. The number of aromatic amines is 2. The zero-order valence-corrected chi connectivity index (χ0v) is 30.6. The Morgan fingerprint density at radius 2 is 0.722 bits per heavy atom. The molecule has 0 spiro atoms. The Kier molecular flexibility index (Phi) is 8.40. The summed E-state index contributed by atoms with van der Waals surface area (Å²) >= 11 is 0. The van der Waals surface area contributed by atoms with Crippen LogP contribution in [-0.4, -0.2) is 26.5 Å². The van der Waals surface area contributed by atoms with Gasteiger partial charge in [0.15, 0.2) is 0 Å². The molecule has 4 aromatic carbocycles. The van der Waals surface area contributed by atoms with Crippen LogP contribution in [0.25, 0.3) is 90.9 Å². The van der Waals surface area contributed by atoms with Crippen LogP contribution < -0.4 is 4.74 Å². The van der Waals surface area contributed by atoms with E-state index >= 15 is 0 Å². The molecule has 3 aromatic heterocycles. The summed E-state index contributed by atoms with van der Waals surface area (Å²) in [6.45, 7) is 7.17. The highest BCUT2D eigenvalue weighted by Gasteiger charge is 2.19. The van der Waals surface area contributed by atoms with Gasteiger partial charge >= 0.3 is 0 Å². The molecule has 7 aromatic rings. The summed E-state index contributed by atoms with van der Waals surface area (Å²) < 4.78 is 6.17. The Hall–Kier alpha value is -6.72. The van der Waals surface area contributed by atoms with Crippen LogP contribution in [0.1, 0.15) is 43.5 Å². The second kappa shape index (κ2) is 13.7. The number of hydrogen-bond donors (Lipinski definition) is 2. The molecule has 8 bridgehead atoms. The summed E-state index contributed by atoms with van der Waals surface area (Å²) in [7, 11) is 0. The zero-order valence-electron chi connectivity index (χ0n) is 30.6. The normalized spacial score (nSPS) is 12.3. The Bertz CT molecular complexity index is 2680. The lowest BCUT2D eigenvalue weighted by molar-refractivity contribution is 0.198. The fourth-order valence-electron chi connectivity index (χ4n) is 7.25. The molecule has 0 unspecified atom stereocenters. The van der Waals surface area contributed by atoms with Crippen LogP contribution in [-0.2, 0) is 0 Å². The highest BCUT2D eigenvalue weighted by Crippen LogP contribution is 2.38. The quantitative estimate of drug-likeness (QED) is 0.181. The van der Waals surface area contributed by atoms with Crippen LogP contribution in [0.3, 0.4) is 0 Å². The first-order chi connectivity index (χ1) is 26.4. The lowest BCUT2D eigenvalue weighted by atomic mass is 9.98. The monoisotopic (exact) mass is 700 g/mol. The van der Waals surface area contributed by atoms with Crippen molar-refractivity contribution in [2.45, 2.75) is 20.8 Å². The molecule has 0 aliphatic carbocycles. The van der Waals surface area contributed by atoms with Gasteiger partial charge in [-0.15, -0.1) is 0 Å². The summed E-state index contributed by atoms with van der Waals surface area (Å²) in [5.74, 6) is 0.845. The Balaban J connectivity index is 1.39. The minimum absolute atomic E-state index is 0.0605. The molecule has 0 saturated carbocycles. The predicted octanol–water partition coefficient (Wildman–Crippen LogP) is 12.7. The van der Waals surface area contributed by atoms with Crippen LogP contribution >= 0.6 is 0 Å². The number of aromatic nitrogens is 4. The van der Waals surface area contributed by atoms with Crippen LogP contribution in [0.2, 0.25) is 0 Å². The maximum absolute atomic E-state index is 6.17. The largest absolute Gasteiger partial charge is 0.493 e. The van der Waals surface area contributed by atoms with E-state index < -0.39 is 0 Å². The smallest absolute Gasteiger partial charge is 0.119 e. The van der Waals surface area contributed by atoms with Gasteiger partial charge in [-0.05, 0) is 88.4 Å². The van der Waals surface area contributed by atoms with E-state index in [2.05, 4.69) is 176 Å². The Labute approximate surface area is 315 Å². The molecule has 0 amide bonds. The van der Waals surface area contributed by atoms with Crippen molar-refractivity contribution in [3.63, 3.8) is 0 Å². The van der Waals surface area contributed by atoms with Crippen molar-refractivity contribution >= 4 is 46.4 Å². The molecule has 9 rings (SSSR count). The third kappa shape index (κ3) is 6.45. The van der Waals surface area contributed by atoms with Gasteiger partial charge in [-0.2, -0.15) is 0 Å². The third-order valence-corrected chi connectivity index (χ3v) is 9.76. The van der Waals surface area contributed by atoms with Crippen molar-refractivity contribution < 1.29 is 4.74 Å². The number of fused-ring (bicyclic) bond motifs is 8. The summed E-state index contributed by atoms with van der Waals surface area (Å²) in [4.78, 5) is 18.4. The van der Waals surface area contributed by atoms with E-state index in [0.717, 1.165) is 95.1 Å². The van der Waals surface area contributed by atoms with E-state index in [9.17, 15) is 0 Å². The van der Waals surface area contributed by atoms with Gasteiger partial charge in [0.2, 0.25) is 0 Å². The molecule has 0 radical (unpaired) electrons. The molecular formula is C49H40N4O. The van der Waals surface area contributed by atoms with E-state index in [1.54, 1.807) is 0 Å². The second-order valence-electron chi connectivity index (χ2n) is 15.0. The SMILES string of the molecule is CC(C)(C)COc1ccc(-c2c3nc(c(-c4ccccc4)c4ccc([nH]4)c(-c4ccccc4)c4nc(c(-c5ccccc5)c5ccc2[nH]5)C=C4)C=C3)cc1. The number of H-pyrrole nitrogens is 2. The number of benzene rings is 4. The fraction of sp³-hybridized carbons (Fsp3) is 0.102. The summed E-state index contributed by atoms with van der Waals surface area (Å²) in [6.07, 6.45) is 8.54. The second-order valence-corrected chi connectivity index (χ2v) is 15.0. The average molecular weight is 701 g/mol.